The number of aromatic nitrogens is 2. The first-order chi connectivity index (χ1) is 17.9. The molecule has 0 unspecified atom stereocenters. The summed E-state index contributed by atoms with van der Waals surface area (Å²) in [6.07, 6.45) is 3.96. The number of amides is 3. The Bertz CT molecular complexity index is 1390. The Morgan fingerprint density at radius 2 is 1.95 bits per heavy atom. The summed E-state index contributed by atoms with van der Waals surface area (Å²) in [6, 6.07) is 8.14. The van der Waals surface area contributed by atoms with Crippen molar-refractivity contribution in [3.63, 3.8) is 0 Å². The molecule has 0 bridgehead atoms. The largest absolute Gasteiger partial charge is 0.447 e. The first kappa shape index (κ1) is 24.7. The number of nitrogens with zero attached hydrogens (tertiary/aromatic N) is 4. The van der Waals surface area contributed by atoms with Gasteiger partial charge in [0.05, 0.1) is 11.6 Å². The van der Waals surface area contributed by atoms with E-state index in [1.165, 1.54) is 24.4 Å². The number of carbonyl (C=O) groups excluding carboxylic acids is 3. The molecule has 12 heteroatoms. The maximum atomic E-state index is 13.3. The highest BCUT2D eigenvalue weighted by atomic mass is 35.5. The van der Waals surface area contributed by atoms with E-state index in [1.807, 2.05) is 11.0 Å². The van der Waals surface area contributed by atoms with Crippen LogP contribution < -0.4 is 10.6 Å². The molecule has 3 aromatic heterocycles. The second kappa shape index (κ2) is 10.5. The number of furan rings is 1. The summed E-state index contributed by atoms with van der Waals surface area (Å²) in [4.78, 5) is 48.7. The predicted molar refractivity (Wildman–Crippen MR) is 133 cm³/mol. The molecule has 1 saturated carbocycles. The van der Waals surface area contributed by atoms with Crippen LogP contribution in [0, 0.1) is 17.2 Å². The van der Waals surface area contributed by atoms with Gasteiger partial charge in [0.25, 0.3) is 5.91 Å². The SMILES string of the molecule is N#Cc1ccc2oc(C(=O)Nc3ccc(Cl)cn3)c(NC(=O)C3CCC(N4CCOCC4=O)CC3)c2n1. The number of pyridine rings is 2. The fourth-order valence-corrected chi connectivity index (χ4v) is 4.84. The van der Waals surface area contributed by atoms with Gasteiger partial charge in [-0.3, -0.25) is 14.4 Å². The van der Waals surface area contributed by atoms with Crippen molar-refractivity contribution in [1.29, 1.82) is 5.26 Å². The van der Waals surface area contributed by atoms with Crippen molar-refractivity contribution >= 4 is 51.9 Å². The molecule has 190 valence electrons. The van der Waals surface area contributed by atoms with Crippen molar-refractivity contribution in [1.82, 2.24) is 14.9 Å². The smallest absolute Gasteiger partial charge is 0.294 e. The van der Waals surface area contributed by atoms with E-state index in [0.717, 1.165) is 0 Å². The van der Waals surface area contributed by atoms with Crippen LogP contribution in [0.2, 0.25) is 5.02 Å². The van der Waals surface area contributed by atoms with Gasteiger partial charge in [-0.05, 0) is 49.9 Å². The van der Waals surface area contributed by atoms with Gasteiger partial charge in [-0.1, -0.05) is 11.6 Å². The van der Waals surface area contributed by atoms with Crippen molar-refractivity contribution in [3.05, 3.63) is 46.9 Å². The second-order valence-corrected chi connectivity index (χ2v) is 9.35. The third kappa shape index (κ3) is 5.26. The van der Waals surface area contributed by atoms with Gasteiger partial charge in [0.1, 0.15) is 35.4 Å². The number of anilines is 2. The zero-order chi connectivity index (χ0) is 25.9. The number of halogens is 1. The molecule has 0 radical (unpaired) electrons. The molecule has 4 heterocycles. The van der Waals surface area contributed by atoms with Crippen molar-refractivity contribution in [2.24, 2.45) is 5.92 Å². The van der Waals surface area contributed by atoms with E-state index >= 15 is 0 Å². The molecule has 2 N–H and O–H groups in total. The molecular weight excluding hydrogens is 500 g/mol. The van der Waals surface area contributed by atoms with E-state index in [9.17, 15) is 19.6 Å². The molecule has 1 saturated heterocycles. The Balaban J connectivity index is 1.35. The van der Waals surface area contributed by atoms with Gasteiger partial charge < -0.3 is 24.7 Å². The van der Waals surface area contributed by atoms with Crippen LogP contribution in [-0.2, 0) is 14.3 Å². The minimum absolute atomic E-state index is 0.0192. The summed E-state index contributed by atoms with van der Waals surface area (Å²) in [7, 11) is 0. The average molecular weight is 523 g/mol. The maximum absolute atomic E-state index is 13.3. The molecule has 0 atom stereocenters. The van der Waals surface area contributed by atoms with Gasteiger partial charge in [-0.15, -0.1) is 0 Å². The minimum atomic E-state index is -0.642. The molecule has 2 fully saturated rings. The summed E-state index contributed by atoms with van der Waals surface area (Å²) in [6.45, 7) is 1.19. The van der Waals surface area contributed by atoms with Crippen LogP contribution in [-0.4, -0.2) is 58.4 Å². The minimum Gasteiger partial charge on any atom is -0.447 e. The number of rotatable bonds is 5. The monoisotopic (exact) mass is 522 g/mol. The fraction of sp³-hybridized carbons (Fsp3) is 0.360. The Labute approximate surface area is 216 Å². The van der Waals surface area contributed by atoms with Gasteiger partial charge in [0.15, 0.2) is 5.58 Å². The number of hydrogen-bond donors (Lipinski definition) is 2. The molecule has 3 aromatic rings. The van der Waals surface area contributed by atoms with Crippen LogP contribution in [0.5, 0.6) is 0 Å². The molecule has 37 heavy (non-hydrogen) atoms. The molecule has 0 spiro atoms. The highest BCUT2D eigenvalue weighted by Crippen LogP contribution is 2.33. The van der Waals surface area contributed by atoms with E-state index in [1.54, 1.807) is 6.07 Å². The Morgan fingerprint density at radius 3 is 2.65 bits per heavy atom. The van der Waals surface area contributed by atoms with Crippen LogP contribution in [0.1, 0.15) is 41.9 Å². The van der Waals surface area contributed by atoms with Crippen LogP contribution in [0.15, 0.2) is 34.9 Å². The highest BCUT2D eigenvalue weighted by Gasteiger charge is 2.34. The average Bonchev–Trinajstić information content (AvgIpc) is 3.28. The van der Waals surface area contributed by atoms with Crippen molar-refractivity contribution in [2.75, 3.05) is 30.4 Å². The summed E-state index contributed by atoms with van der Waals surface area (Å²) >= 11 is 5.86. The molecule has 1 aliphatic carbocycles. The van der Waals surface area contributed by atoms with Crippen LogP contribution in [0.3, 0.4) is 0 Å². The second-order valence-electron chi connectivity index (χ2n) is 8.91. The maximum Gasteiger partial charge on any atom is 0.294 e. The van der Waals surface area contributed by atoms with Crippen molar-refractivity contribution in [3.8, 4) is 6.07 Å². The summed E-state index contributed by atoms with van der Waals surface area (Å²) in [5, 5.41) is 15.2. The quantitative estimate of drug-likeness (QED) is 0.517. The summed E-state index contributed by atoms with van der Waals surface area (Å²) in [5.74, 6) is -1.17. The zero-order valence-corrected chi connectivity index (χ0v) is 20.5. The third-order valence-electron chi connectivity index (χ3n) is 6.60. The number of morpholine rings is 1. The lowest BCUT2D eigenvalue weighted by atomic mass is 9.84. The molecule has 0 aromatic carbocycles. The van der Waals surface area contributed by atoms with E-state index in [0.29, 0.717) is 43.9 Å². The first-order valence-corrected chi connectivity index (χ1v) is 12.3. The van der Waals surface area contributed by atoms with E-state index in [4.69, 9.17) is 20.8 Å². The number of fused-ring (bicyclic) bond motifs is 1. The lowest BCUT2D eigenvalue weighted by Gasteiger charge is -2.38. The van der Waals surface area contributed by atoms with Crippen molar-refractivity contribution < 1.29 is 23.5 Å². The number of nitrogens with one attached hydrogen (secondary N) is 2. The van der Waals surface area contributed by atoms with Crippen LogP contribution in [0.4, 0.5) is 11.5 Å². The normalized spacial score (nSPS) is 19.9. The van der Waals surface area contributed by atoms with Crippen LogP contribution in [0.25, 0.3) is 11.1 Å². The number of carbonyl (C=O) groups is 3. The van der Waals surface area contributed by atoms with Gasteiger partial charge in [-0.2, -0.15) is 5.26 Å². The standard InChI is InChI=1S/C25H23ClN6O5/c26-15-3-8-19(28-12-15)30-25(35)23-22(21-18(37-23)7-4-16(11-27)29-21)31-24(34)14-1-5-17(6-2-14)32-9-10-36-13-20(32)33/h3-4,7-8,12,14,17H,1-2,5-6,9-10,13H2,(H,31,34)(H,28,30,35). The van der Waals surface area contributed by atoms with E-state index < -0.39 is 5.91 Å². The molecule has 11 nitrogen and oxygen atoms in total. The number of hydrogen-bond acceptors (Lipinski definition) is 8. The van der Waals surface area contributed by atoms with Crippen LogP contribution >= 0.6 is 11.6 Å². The lowest BCUT2D eigenvalue weighted by Crippen LogP contribution is -2.49. The molecule has 3 amide bonds. The number of ether oxygens (including phenoxy) is 1. The van der Waals surface area contributed by atoms with E-state index in [-0.39, 0.29) is 64.4 Å². The lowest BCUT2D eigenvalue weighted by molar-refractivity contribution is -0.146. The fourth-order valence-electron chi connectivity index (χ4n) is 4.73. The molecule has 2 aliphatic rings. The number of nitriles is 1. The topological polar surface area (TPSA) is 150 Å². The van der Waals surface area contributed by atoms with Crippen molar-refractivity contribution in [2.45, 2.75) is 31.7 Å². The molecular formula is C25H23ClN6O5. The molecule has 1 aliphatic heterocycles. The van der Waals surface area contributed by atoms with Gasteiger partial charge >= 0.3 is 0 Å². The third-order valence-corrected chi connectivity index (χ3v) is 6.83. The summed E-state index contributed by atoms with van der Waals surface area (Å²) < 4.78 is 11.0. The molecule has 5 rings (SSSR count). The van der Waals surface area contributed by atoms with Gasteiger partial charge in [0, 0.05) is 24.7 Å². The van der Waals surface area contributed by atoms with Gasteiger partial charge in [0.2, 0.25) is 17.6 Å². The zero-order valence-electron chi connectivity index (χ0n) is 19.7. The summed E-state index contributed by atoms with van der Waals surface area (Å²) in [5.41, 5.74) is 0.659. The highest BCUT2D eigenvalue weighted by molar-refractivity contribution is 6.30. The predicted octanol–water partition coefficient (Wildman–Crippen LogP) is 3.36. The Hall–Kier alpha value is -4.01. The van der Waals surface area contributed by atoms with E-state index in [2.05, 4.69) is 20.6 Å². The Kier molecular flexibility index (Phi) is 7.03. The van der Waals surface area contributed by atoms with Gasteiger partial charge in [-0.25, -0.2) is 9.97 Å². The first-order valence-electron chi connectivity index (χ1n) is 11.9. The Morgan fingerprint density at radius 1 is 1.14 bits per heavy atom.